The van der Waals surface area contributed by atoms with E-state index in [-0.39, 0.29) is 5.91 Å². The summed E-state index contributed by atoms with van der Waals surface area (Å²) < 4.78 is 0. The minimum atomic E-state index is 0.105. The Hall–Kier alpha value is -1.32. The minimum absolute atomic E-state index is 0.105. The van der Waals surface area contributed by atoms with Crippen LogP contribution in [0.2, 0.25) is 5.02 Å². The molecule has 1 amide bonds. The van der Waals surface area contributed by atoms with Gasteiger partial charge in [-0.15, -0.1) is 0 Å². The molecule has 114 valence electrons. The number of nitrogens with one attached hydrogen (secondary N) is 1. The van der Waals surface area contributed by atoms with Crippen molar-refractivity contribution in [2.24, 2.45) is 5.92 Å². The van der Waals surface area contributed by atoms with E-state index in [0.717, 1.165) is 37.2 Å². The molecule has 1 saturated heterocycles. The van der Waals surface area contributed by atoms with Gasteiger partial charge in [0.05, 0.1) is 0 Å². The van der Waals surface area contributed by atoms with Gasteiger partial charge >= 0.3 is 0 Å². The molecule has 1 aromatic rings. The molecular weight excluding hydrogens is 284 g/mol. The Morgan fingerprint density at radius 2 is 2.33 bits per heavy atom. The van der Waals surface area contributed by atoms with E-state index in [9.17, 15) is 4.79 Å². The van der Waals surface area contributed by atoms with Crippen molar-refractivity contribution in [3.05, 3.63) is 40.9 Å². The molecule has 0 aromatic heterocycles. The monoisotopic (exact) mass is 306 g/mol. The first-order valence-corrected chi connectivity index (χ1v) is 7.85. The van der Waals surface area contributed by atoms with Gasteiger partial charge in [0.25, 0.3) is 0 Å². The Labute approximate surface area is 132 Å². The fourth-order valence-corrected chi connectivity index (χ4v) is 3.00. The zero-order valence-corrected chi connectivity index (χ0v) is 13.5. The van der Waals surface area contributed by atoms with Crippen molar-refractivity contribution in [3.63, 3.8) is 0 Å². The van der Waals surface area contributed by atoms with Crippen LogP contribution in [0.3, 0.4) is 0 Å². The van der Waals surface area contributed by atoms with Gasteiger partial charge in [0, 0.05) is 24.2 Å². The highest BCUT2D eigenvalue weighted by molar-refractivity contribution is 6.30. The Balaban J connectivity index is 2.04. The van der Waals surface area contributed by atoms with Gasteiger partial charge in [-0.3, -0.25) is 4.79 Å². The SMILES string of the molecule is CNCC1CCCN(C(=O)C=C(C)c2cccc(Cl)c2)C1. The molecule has 21 heavy (non-hydrogen) atoms. The molecule has 1 atom stereocenters. The number of likely N-dealkylation sites (tertiary alicyclic amines) is 1. The zero-order valence-electron chi connectivity index (χ0n) is 12.7. The second-order valence-electron chi connectivity index (χ2n) is 5.69. The standard InChI is InChI=1S/C17H23ClN2O/c1-13(15-6-3-7-16(18)10-15)9-17(21)20-8-4-5-14(12-20)11-19-2/h3,6-7,9-10,14,19H,4-5,8,11-12H2,1-2H3. The van der Waals surface area contributed by atoms with Crippen molar-refractivity contribution in [1.82, 2.24) is 10.2 Å². The second kappa shape index (κ2) is 7.62. The summed E-state index contributed by atoms with van der Waals surface area (Å²) in [6.45, 7) is 4.64. The topological polar surface area (TPSA) is 32.3 Å². The summed E-state index contributed by atoms with van der Waals surface area (Å²) in [5, 5.41) is 3.90. The molecule has 1 unspecified atom stereocenters. The van der Waals surface area contributed by atoms with Crippen molar-refractivity contribution in [3.8, 4) is 0 Å². The Morgan fingerprint density at radius 3 is 3.05 bits per heavy atom. The molecule has 1 heterocycles. The number of hydrogen-bond acceptors (Lipinski definition) is 2. The number of hydrogen-bond donors (Lipinski definition) is 1. The molecule has 1 N–H and O–H groups in total. The van der Waals surface area contributed by atoms with E-state index in [1.165, 1.54) is 6.42 Å². The average molecular weight is 307 g/mol. The molecule has 0 spiro atoms. The number of halogens is 1. The van der Waals surface area contributed by atoms with Gasteiger partial charge in [-0.1, -0.05) is 23.7 Å². The number of piperidine rings is 1. The molecule has 1 aliphatic rings. The van der Waals surface area contributed by atoms with E-state index in [2.05, 4.69) is 5.32 Å². The number of rotatable bonds is 4. The van der Waals surface area contributed by atoms with Crippen molar-refractivity contribution >= 4 is 23.1 Å². The lowest BCUT2D eigenvalue weighted by Gasteiger charge is -2.32. The highest BCUT2D eigenvalue weighted by Crippen LogP contribution is 2.20. The molecular formula is C17H23ClN2O. The van der Waals surface area contributed by atoms with Gasteiger partial charge in [0.15, 0.2) is 0 Å². The summed E-state index contributed by atoms with van der Waals surface area (Å²) in [6.07, 6.45) is 4.01. The predicted octanol–water partition coefficient (Wildman–Crippen LogP) is 3.20. The third kappa shape index (κ3) is 4.58. The molecule has 0 radical (unpaired) electrons. The van der Waals surface area contributed by atoms with Gasteiger partial charge in [-0.05, 0) is 62.5 Å². The average Bonchev–Trinajstić information content (AvgIpc) is 2.48. The first-order valence-electron chi connectivity index (χ1n) is 7.48. The number of nitrogens with zero attached hydrogens (tertiary/aromatic N) is 1. The molecule has 4 heteroatoms. The van der Waals surface area contributed by atoms with Crippen LogP contribution in [-0.4, -0.2) is 37.5 Å². The fourth-order valence-electron chi connectivity index (χ4n) is 2.81. The zero-order chi connectivity index (χ0) is 15.2. The number of amides is 1. The maximum absolute atomic E-state index is 12.4. The highest BCUT2D eigenvalue weighted by Gasteiger charge is 2.22. The third-order valence-electron chi connectivity index (χ3n) is 3.94. The van der Waals surface area contributed by atoms with Crippen molar-refractivity contribution in [1.29, 1.82) is 0 Å². The number of carbonyl (C=O) groups excluding carboxylic acids is 1. The van der Waals surface area contributed by atoms with Crippen LogP contribution >= 0.6 is 11.6 Å². The fraction of sp³-hybridized carbons (Fsp3) is 0.471. The predicted molar refractivity (Wildman–Crippen MR) is 88.3 cm³/mol. The van der Waals surface area contributed by atoms with Crippen molar-refractivity contribution in [2.45, 2.75) is 19.8 Å². The molecule has 0 saturated carbocycles. The van der Waals surface area contributed by atoms with E-state index in [0.29, 0.717) is 10.9 Å². The first-order chi connectivity index (χ1) is 10.1. The summed E-state index contributed by atoms with van der Waals surface area (Å²) in [6, 6.07) is 7.61. The van der Waals surface area contributed by atoms with Crippen LogP contribution in [0.25, 0.3) is 5.57 Å². The number of benzene rings is 1. The Morgan fingerprint density at radius 1 is 1.52 bits per heavy atom. The molecule has 2 rings (SSSR count). The van der Waals surface area contributed by atoms with Crippen molar-refractivity contribution < 1.29 is 4.79 Å². The van der Waals surface area contributed by atoms with Crippen LogP contribution in [0.4, 0.5) is 0 Å². The number of carbonyl (C=O) groups is 1. The summed E-state index contributed by atoms with van der Waals surface area (Å²) in [4.78, 5) is 14.4. The van der Waals surface area contributed by atoms with Crippen LogP contribution in [-0.2, 0) is 4.79 Å². The normalized spacial score (nSPS) is 19.7. The molecule has 1 aliphatic heterocycles. The smallest absolute Gasteiger partial charge is 0.246 e. The van der Waals surface area contributed by atoms with Gasteiger partial charge < -0.3 is 10.2 Å². The van der Waals surface area contributed by atoms with Crippen LogP contribution < -0.4 is 5.32 Å². The van der Waals surface area contributed by atoms with Crippen LogP contribution in [0, 0.1) is 5.92 Å². The Kier molecular flexibility index (Phi) is 5.83. The summed E-state index contributed by atoms with van der Waals surface area (Å²) in [5.74, 6) is 0.667. The highest BCUT2D eigenvalue weighted by atomic mass is 35.5. The Bertz CT molecular complexity index is 525. The lowest BCUT2D eigenvalue weighted by Crippen LogP contribution is -2.41. The van der Waals surface area contributed by atoms with Gasteiger partial charge in [-0.2, -0.15) is 0 Å². The molecule has 1 fully saturated rings. The summed E-state index contributed by atoms with van der Waals surface area (Å²) in [5.41, 5.74) is 1.96. The quantitative estimate of drug-likeness (QED) is 0.866. The maximum atomic E-state index is 12.4. The van der Waals surface area contributed by atoms with Crippen LogP contribution in [0.1, 0.15) is 25.3 Å². The minimum Gasteiger partial charge on any atom is -0.339 e. The van der Waals surface area contributed by atoms with E-state index < -0.39 is 0 Å². The molecule has 1 aromatic carbocycles. The lowest BCUT2D eigenvalue weighted by atomic mass is 9.97. The second-order valence-corrected chi connectivity index (χ2v) is 6.12. The van der Waals surface area contributed by atoms with Gasteiger partial charge in [0.1, 0.15) is 0 Å². The summed E-state index contributed by atoms with van der Waals surface area (Å²) in [7, 11) is 1.96. The van der Waals surface area contributed by atoms with Crippen molar-refractivity contribution in [2.75, 3.05) is 26.7 Å². The van der Waals surface area contributed by atoms with E-state index in [4.69, 9.17) is 11.6 Å². The van der Waals surface area contributed by atoms with E-state index in [1.54, 1.807) is 6.08 Å². The lowest BCUT2D eigenvalue weighted by molar-refractivity contribution is -0.127. The first kappa shape index (κ1) is 16.1. The van der Waals surface area contributed by atoms with Gasteiger partial charge in [-0.25, -0.2) is 0 Å². The molecule has 3 nitrogen and oxygen atoms in total. The largest absolute Gasteiger partial charge is 0.339 e. The van der Waals surface area contributed by atoms with Crippen LogP contribution in [0.15, 0.2) is 30.3 Å². The van der Waals surface area contributed by atoms with E-state index in [1.807, 2.05) is 43.1 Å². The summed E-state index contributed by atoms with van der Waals surface area (Å²) >= 11 is 6.00. The van der Waals surface area contributed by atoms with E-state index >= 15 is 0 Å². The third-order valence-corrected chi connectivity index (χ3v) is 4.18. The van der Waals surface area contributed by atoms with Crippen LogP contribution in [0.5, 0.6) is 0 Å². The molecule has 0 aliphatic carbocycles. The number of allylic oxidation sites excluding steroid dienone is 1. The van der Waals surface area contributed by atoms with Gasteiger partial charge in [0.2, 0.25) is 5.91 Å². The maximum Gasteiger partial charge on any atom is 0.246 e. The molecule has 0 bridgehead atoms.